The minimum atomic E-state index is -0.439. The van der Waals surface area contributed by atoms with Crippen LogP contribution in [0.3, 0.4) is 0 Å². The maximum Gasteiger partial charge on any atom is 0.171 e. The largest absolute Gasteiger partial charge is 0.378 e. The van der Waals surface area contributed by atoms with E-state index in [9.17, 15) is 4.79 Å². The van der Waals surface area contributed by atoms with Crippen molar-refractivity contribution in [2.75, 3.05) is 31.2 Å². The van der Waals surface area contributed by atoms with E-state index in [-0.39, 0.29) is 5.78 Å². The number of ether oxygens (including phenoxy) is 1. The highest BCUT2D eigenvalue weighted by Gasteiger charge is 2.26. The molecule has 1 saturated heterocycles. The fourth-order valence-corrected chi connectivity index (χ4v) is 2.40. The van der Waals surface area contributed by atoms with E-state index in [4.69, 9.17) is 4.74 Å². The predicted octanol–water partition coefficient (Wildman–Crippen LogP) is 2.02. The zero-order valence-electron chi connectivity index (χ0n) is 12.6. The average Bonchev–Trinajstić information content (AvgIpc) is 2.89. The molecule has 0 saturated carbocycles. The van der Waals surface area contributed by atoms with Gasteiger partial charge in [-0.1, -0.05) is 20.8 Å². The molecule has 1 N–H and O–H groups in total. The zero-order valence-corrected chi connectivity index (χ0v) is 12.6. The fraction of sp³-hybridized carbons (Fsp3) is 0.533. The molecule has 6 nitrogen and oxygen atoms in total. The number of aromatic nitrogens is 3. The Labute approximate surface area is 123 Å². The standard InChI is InChI=1S/C15H20N4O2/c1-15(2,3)13(20)10-8-16-14-12(10)18-11(9-17-14)19-4-6-21-7-5-19/h8-9H,4-7H2,1-3H3,(H,16,17). The second kappa shape index (κ2) is 5.11. The highest BCUT2D eigenvalue weighted by atomic mass is 16.5. The Hall–Kier alpha value is -1.95. The molecular formula is C15H20N4O2. The van der Waals surface area contributed by atoms with Crippen LogP contribution in [-0.4, -0.2) is 47.0 Å². The molecule has 0 spiro atoms. The van der Waals surface area contributed by atoms with Gasteiger partial charge in [0.05, 0.1) is 25.0 Å². The number of carbonyl (C=O) groups is 1. The van der Waals surface area contributed by atoms with Crippen molar-refractivity contribution in [2.24, 2.45) is 5.41 Å². The molecule has 112 valence electrons. The lowest BCUT2D eigenvalue weighted by Gasteiger charge is -2.27. The van der Waals surface area contributed by atoms with E-state index in [1.165, 1.54) is 0 Å². The van der Waals surface area contributed by atoms with Gasteiger partial charge in [-0.2, -0.15) is 0 Å². The van der Waals surface area contributed by atoms with Crippen molar-refractivity contribution >= 4 is 22.8 Å². The predicted molar refractivity (Wildman–Crippen MR) is 80.7 cm³/mol. The van der Waals surface area contributed by atoms with Crippen molar-refractivity contribution in [1.82, 2.24) is 15.0 Å². The first-order valence-electron chi connectivity index (χ1n) is 7.18. The van der Waals surface area contributed by atoms with E-state index in [0.717, 1.165) is 18.9 Å². The van der Waals surface area contributed by atoms with Crippen molar-refractivity contribution in [3.63, 3.8) is 0 Å². The minimum absolute atomic E-state index is 0.0715. The lowest BCUT2D eigenvalue weighted by Crippen LogP contribution is -2.36. The summed E-state index contributed by atoms with van der Waals surface area (Å²) in [7, 11) is 0. The number of fused-ring (bicyclic) bond motifs is 1. The van der Waals surface area contributed by atoms with Crippen LogP contribution in [-0.2, 0) is 4.74 Å². The van der Waals surface area contributed by atoms with Crippen LogP contribution < -0.4 is 4.90 Å². The molecule has 1 aliphatic rings. The van der Waals surface area contributed by atoms with Gasteiger partial charge < -0.3 is 14.6 Å². The van der Waals surface area contributed by atoms with Gasteiger partial charge in [0.2, 0.25) is 0 Å². The second-order valence-electron chi connectivity index (χ2n) is 6.31. The van der Waals surface area contributed by atoms with E-state index >= 15 is 0 Å². The summed E-state index contributed by atoms with van der Waals surface area (Å²) in [5.74, 6) is 0.871. The number of anilines is 1. The Morgan fingerprint density at radius 2 is 2.05 bits per heavy atom. The molecule has 0 amide bonds. The lowest BCUT2D eigenvalue weighted by molar-refractivity contribution is 0.0860. The highest BCUT2D eigenvalue weighted by Crippen LogP contribution is 2.26. The third kappa shape index (κ3) is 2.63. The Bertz CT molecular complexity index is 666. The normalized spacial score (nSPS) is 16.4. The minimum Gasteiger partial charge on any atom is -0.378 e. The van der Waals surface area contributed by atoms with Gasteiger partial charge in [-0.05, 0) is 0 Å². The van der Waals surface area contributed by atoms with Crippen LogP contribution in [0, 0.1) is 5.41 Å². The van der Waals surface area contributed by atoms with Gasteiger partial charge in [-0.15, -0.1) is 0 Å². The van der Waals surface area contributed by atoms with Gasteiger partial charge in [0.1, 0.15) is 11.3 Å². The molecule has 0 unspecified atom stereocenters. The van der Waals surface area contributed by atoms with Crippen LogP contribution in [0.25, 0.3) is 11.2 Å². The van der Waals surface area contributed by atoms with Crippen molar-refractivity contribution in [3.8, 4) is 0 Å². The molecule has 1 aliphatic heterocycles. The molecule has 21 heavy (non-hydrogen) atoms. The first kappa shape index (κ1) is 14.0. The Kier molecular flexibility index (Phi) is 3.41. The summed E-state index contributed by atoms with van der Waals surface area (Å²) in [6, 6.07) is 0. The number of morpholine rings is 1. The summed E-state index contributed by atoms with van der Waals surface area (Å²) in [6.45, 7) is 8.72. The summed E-state index contributed by atoms with van der Waals surface area (Å²) in [5.41, 5.74) is 1.48. The van der Waals surface area contributed by atoms with E-state index in [1.54, 1.807) is 12.4 Å². The van der Waals surface area contributed by atoms with Crippen LogP contribution in [0.2, 0.25) is 0 Å². The quantitative estimate of drug-likeness (QED) is 0.856. The monoisotopic (exact) mass is 288 g/mol. The van der Waals surface area contributed by atoms with Gasteiger partial charge in [0.15, 0.2) is 11.4 Å². The molecule has 2 aromatic heterocycles. The number of carbonyl (C=O) groups excluding carboxylic acids is 1. The Morgan fingerprint density at radius 3 is 2.71 bits per heavy atom. The summed E-state index contributed by atoms with van der Waals surface area (Å²) < 4.78 is 5.35. The summed E-state index contributed by atoms with van der Waals surface area (Å²) in [6.07, 6.45) is 3.46. The summed E-state index contributed by atoms with van der Waals surface area (Å²) >= 11 is 0. The van der Waals surface area contributed by atoms with E-state index < -0.39 is 5.41 Å². The average molecular weight is 288 g/mol. The van der Waals surface area contributed by atoms with Crippen LogP contribution >= 0.6 is 0 Å². The maximum absolute atomic E-state index is 12.5. The number of rotatable bonds is 2. The number of hydrogen-bond acceptors (Lipinski definition) is 5. The zero-order chi connectivity index (χ0) is 15.0. The third-order valence-corrected chi connectivity index (χ3v) is 3.63. The second-order valence-corrected chi connectivity index (χ2v) is 6.31. The molecule has 0 bridgehead atoms. The number of aromatic amines is 1. The number of nitrogens with one attached hydrogen (secondary N) is 1. The molecule has 3 rings (SSSR count). The van der Waals surface area contributed by atoms with Crippen molar-refractivity contribution < 1.29 is 9.53 Å². The molecule has 3 heterocycles. The fourth-order valence-electron chi connectivity index (χ4n) is 2.40. The van der Waals surface area contributed by atoms with Gasteiger partial charge >= 0.3 is 0 Å². The van der Waals surface area contributed by atoms with E-state index in [2.05, 4.69) is 19.9 Å². The highest BCUT2D eigenvalue weighted by molar-refractivity contribution is 6.08. The summed E-state index contributed by atoms with van der Waals surface area (Å²) in [4.78, 5) is 26.7. The topological polar surface area (TPSA) is 71.1 Å². The lowest BCUT2D eigenvalue weighted by atomic mass is 9.87. The van der Waals surface area contributed by atoms with Crippen molar-refractivity contribution in [2.45, 2.75) is 20.8 Å². The van der Waals surface area contributed by atoms with Gasteiger partial charge in [-0.25, -0.2) is 9.97 Å². The number of H-pyrrole nitrogens is 1. The van der Waals surface area contributed by atoms with Gasteiger partial charge in [0.25, 0.3) is 0 Å². The molecule has 2 aromatic rings. The molecule has 0 radical (unpaired) electrons. The first-order valence-corrected chi connectivity index (χ1v) is 7.18. The number of nitrogens with zero attached hydrogens (tertiary/aromatic N) is 3. The van der Waals surface area contributed by atoms with Crippen molar-refractivity contribution in [3.05, 3.63) is 18.0 Å². The number of ketones is 1. The van der Waals surface area contributed by atoms with Gasteiger partial charge in [-0.3, -0.25) is 4.79 Å². The molecule has 0 atom stereocenters. The maximum atomic E-state index is 12.5. The smallest absolute Gasteiger partial charge is 0.171 e. The van der Waals surface area contributed by atoms with E-state index in [0.29, 0.717) is 29.9 Å². The number of Topliss-reactive ketones (excluding diaryl/α,β-unsaturated/α-hetero) is 1. The van der Waals surface area contributed by atoms with Crippen LogP contribution in [0.1, 0.15) is 31.1 Å². The molecule has 1 fully saturated rings. The van der Waals surface area contributed by atoms with Crippen LogP contribution in [0.15, 0.2) is 12.4 Å². The van der Waals surface area contributed by atoms with E-state index in [1.807, 2.05) is 20.8 Å². The first-order chi connectivity index (χ1) is 9.97. The molecular weight excluding hydrogens is 268 g/mol. The third-order valence-electron chi connectivity index (χ3n) is 3.63. The van der Waals surface area contributed by atoms with Crippen LogP contribution in [0.4, 0.5) is 5.82 Å². The molecule has 0 aromatic carbocycles. The Balaban J connectivity index is 2.01. The SMILES string of the molecule is CC(C)(C)C(=O)c1c[nH]c2ncc(N3CCOCC3)nc12. The molecule has 0 aliphatic carbocycles. The number of hydrogen-bond donors (Lipinski definition) is 1. The van der Waals surface area contributed by atoms with Gasteiger partial charge in [0, 0.05) is 24.7 Å². The Morgan fingerprint density at radius 1 is 1.33 bits per heavy atom. The van der Waals surface area contributed by atoms with Crippen LogP contribution in [0.5, 0.6) is 0 Å². The van der Waals surface area contributed by atoms with Crippen molar-refractivity contribution in [1.29, 1.82) is 0 Å². The summed E-state index contributed by atoms with van der Waals surface area (Å²) in [5, 5.41) is 0. The molecule has 6 heteroatoms.